The number of fused-ring (bicyclic) bond motifs is 1. The van der Waals surface area contributed by atoms with E-state index in [4.69, 9.17) is 0 Å². The number of nitrogens with zero attached hydrogens (tertiary/aromatic N) is 3. The monoisotopic (exact) mass is 504 g/mol. The fraction of sp³-hybridized carbons (Fsp3) is 0.318. The fourth-order valence-corrected chi connectivity index (χ4v) is 6.06. The highest BCUT2D eigenvalue weighted by Crippen LogP contribution is 2.23. The van der Waals surface area contributed by atoms with Crippen LogP contribution < -0.4 is 11.0 Å². The minimum absolute atomic E-state index is 0.115. The zero-order valence-corrected chi connectivity index (χ0v) is 20.1. The predicted molar refractivity (Wildman–Crippen MR) is 127 cm³/mol. The van der Waals surface area contributed by atoms with Gasteiger partial charge >= 0.3 is 5.69 Å². The number of carbonyl (C=O) groups is 1. The summed E-state index contributed by atoms with van der Waals surface area (Å²) in [6.45, 7) is 0.599. The first-order valence-corrected chi connectivity index (χ1v) is 14.0. The normalized spacial score (nSPS) is 15.3. The van der Waals surface area contributed by atoms with E-state index >= 15 is 0 Å². The zero-order chi connectivity index (χ0) is 24.5. The quantitative estimate of drug-likeness (QED) is 0.539. The molecule has 0 atom stereocenters. The molecule has 10 nitrogen and oxygen atoms in total. The average Bonchev–Trinajstić information content (AvgIpc) is 2.81. The summed E-state index contributed by atoms with van der Waals surface area (Å²) < 4.78 is 51.7. The molecule has 0 spiro atoms. The van der Waals surface area contributed by atoms with Gasteiger partial charge in [-0.1, -0.05) is 6.42 Å². The van der Waals surface area contributed by atoms with Crippen molar-refractivity contribution in [1.82, 2.24) is 13.9 Å². The second-order valence-corrected chi connectivity index (χ2v) is 12.1. The highest BCUT2D eigenvalue weighted by molar-refractivity contribution is 7.90. The number of nitrogens with one attached hydrogen (secondary N) is 1. The molecule has 2 aromatic carbocycles. The second kappa shape index (κ2) is 9.28. The Morgan fingerprint density at radius 2 is 1.62 bits per heavy atom. The molecule has 1 saturated heterocycles. The Morgan fingerprint density at radius 1 is 0.971 bits per heavy atom. The molecule has 0 saturated carbocycles. The number of aromatic nitrogens is 2. The molecule has 1 N–H and O–H groups in total. The Labute approximate surface area is 197 Å². The molecule has 34 heavy (non-hydrogen) atoms. The largest absolute Gasteiger partial charge is 0.348 e. The molecule has 1 fully saturated rings. The lowest BCUT2D eigenvalue weighted by atomic mass is 10.2. The Bertz CT molecular complexity index is 1510. The molecule has 0 radical (unpaired) electrons. The molecular formula is C22H24N4O6S2. The van der Waals surface area contributed by atoms with Crippen molar-refractivity contribution in [2.75, 3.05) is 24.7 Å². The van der Waals surface area contributed by atoms with Gasteiger partial charge in [-0.25, -0.2) is 26.6 Å². The third-order valence-electron chi connectivity index (χ3n) is 5.66. The highest BCUT2D eigenvalue weighted by Gasteiger charge is 2.26. The molecule has 0 unspecified atom stereocenters. The number of anilines is 1. The van der Waals surface area contributed by atoms with Crippen molar-refractivity contribution in [3.8, 4) is 0 Å². The van der Waals surface area contributed by atoms with E-state index in [1.54, 1.807) is 0 Å². The zero-order valence-electron chi connectivity index (χ0n) is 18.5. The van der Waals surface area contributed by atoms with E-state index in [2.05, 4.69) is 10.3 Å². The van der Waals surface area contributed by atoms with E-state index in [1.165, 1.54) is 53.0 Å². The third kappa shape index (κ3) is 5.03. The van der Waals surface area contributed by atoms with Gasteiger partial charge in [0.1, 0.15) is 6.54 Å². The number of amides is 1. The molecule has 4 rings (SSSR count). The van der Waals surface area contributed by atoms with Crippen LogP contribution in [0, 0.1) is 0 Å². The van der Waals surface area contributed by atoms with Gasteiger partial charge in [-0.2, -0.15) is 4.31 Å². The molecule has 0 aliphatic carbocycles. The first-order valence-electron chi connectivity index (χ1n) is 10.7. The van der Waals surface area contributed by atoms with Gasteiger partial charge in [-0.15, -0.1) is 0 Å². The van der Waals surface area contributed by atoms with Crippen LogP contribution in [-0.4, -0.2) is 55.9 Å². The van der Waals surface area contributed by atoms with Gasteiger partial charge < -0.3 is 5.32 Å². The van der Waals surface area contributed by atoms with E-state index in [9.17, 15) is 26.4 Å². The van der Waals surface area contributed by atoms with Crippen molar-refractivity contribution in [2.45, 2.75) is 35.6 Å². The molecule has 0 bridgehead atoms. The summed E-state index contributed by atoms with van der Waals surface area (Å²) >= 11 is 0. The molecule has 1 aromatic heterocycles. The fourth-order valence-electron chi connectivity index (χ4n) is 3.88. The maximum absolute atomic E-state index is 13.0. The molecule has 180 valence electrons. The van der Waals surface area contributed by atoms with E-state index in [-0.39, 0.29) is 16.3 Å². The van der Waals surface area contributed by atoms with Gasteiger partial charge in [-0.3, -0.25) is 9.36 Å². The number of hydrogen-bond donors (Lipinski definition) is 1. The minimum atomic E-state index is -3.66. The van der Waals surface area contributed by atoms with E-state index in [1.807, 2.05) is 0 Å². The lowest BCUT2D eigenvalue weighted by Gasteiger charge is -2.26. The first-order chi connectivity index (χ1) is 16.1. The standard InChI is InChI=1S/C22H24N4O6S2/c1-33(29,30)18-7-5-17(6-8-18)24-21(27)15-26-20-10-9-19(13-16(20)14-23-22(26)28)34(31,32)25-11-3-2-4-12-25/h5-10,13-14H,2-4,11-12,15H2,1H3,(H,24,27). The van der Waals surface area contributed by atoms with Crippen molar-refractivity contribution < 1.29 is 21.6 Å². The number of rotatable bonds is 6. The molecule has 12 heteroatoms. The van der Waals surface area contributed by atoms with Crippen LogP contribution in [0.5, 0.6) is 0 Å². The van der Waals surface area contributed by atoms with Crippen LogP contribution >= 0.6 is 0 Å². The molecule has 1 amide bonds. The highest BCUT2D eigenvalue weighted by atomic mass is 32.2. The summed E-state index contributed by atoms with van der Waals surface area (Å²) in [6, 6.07) is 10.1. The number of hydrogen-bond acceptors (Lipinski definition) is 7. The van der Waals surface area contributed by atoms with Gasteiger partial charge in [0.15, 0.2) is 9.84 Å². The number of carbonyl (C=O) groups excluding carboxylic acids is 1. The van der Waals surface area contributed by atoms with Crippen LogP contribution in [-0.2, 0) is 31.2 Å². The van der Waals surface area contributed by atoms with Gasteiger partial charge in [-0.05, 0) is 55.3 Å². The van der Waals surface area contributed by atoms with Crippen molar-refractivity contribution >= 4 is 42.4 Å². The summed E-state index contributed by atoms with van der Waals surface area (Å²) in [7, 11) is -7.02. The molecule has 1 aliphatic rings. The molecule has 2 heterocycles. The summed E-state index contributed by atoms with van der Waals surface area (Å²) in [5, 5.41) is 3.04. The Kier molecular flexibility index (Phi) is 6.56. The van der Waals surface area contributed by atoms with Crippen LogP contribution in [0.4, 0.5) is 5.69 Å². The van der Waals surface area contributed by atoms with Crippen LogP contribution in [0.1, 0.15) is 19.3 Å². The summed E-state index contributed by atoms with van der Waals surface area (Å²) in [5.74, 6) is -0.520. The number of sulfone groups is 1. The Balaban J connectivity index is 1.58. The van der Waals surface area contributed by atoms with Gasteiger partial charge in [0.25, 0.3) is 0 Å². The SMILES string of the molecule is CS(=O)(=O)c1ccc(NC(=O)Cn2c(=O)ncc3cc(S(=O)(=O)N4CCCCC4)ccc32)cc1. The van der Waals surface area contributed by atoms with Crippen molar-refractivity contribution in [3.05, 3.63) is 59.1 Å². The van der Waals surface area contributed by atoms with Crippen LogP contribution in [0.15, 0.2) is 63.2 Å². The minimum Gasteiger partial charge on any atom is -0.325 e. The summed E-state index contributed by atoms with van der Waals surface area (Å²) in [5.41, 5.74) is 0.0930. The smallest absolute Gasteiger partial charge is 0.325 e. The van der Waals surface area contributed by atoms with Crippen molar-refractivity contribution in [3.63, 3.8) is 0 Å². The van der Waals surface area contributed by atoms with E-state index < -0.39 is 31.5 Å². The van der Waals surface area contributed by atoms with E-state index in [0.717, 1.165) is 30.1 Å². The van der Waals surface area contributed by atoms with E-state index in [0.29, 0.717) is 29.7 Å². The van der Waals surface area contributed by atoms with Crippen molar-refractivity contribution in [1.29, 1.82) is 0 Å². The van der Waals surface area contributed by atoms with Gasteiger partial charge in [0.05, 0.1) is 15.3 Å². The lowest BCUT2D eigenvalue weighted by Crippen LogP contribution is -2.35. The van der Waals surface area contributed by atoms with Gasteiger partial charge in [0.2, 0.25) is 15.9 Å². The van der Waals surface area contributed by atoms with Crippen molar-refractivity contribution in [2.24, 2.45) is 0 Å². The maximum Gasteiger partial charge on any atom is 0.348 e. The topological polar surface area (TPSA) is 136 Å². The molecule has 1 aliphatic heterocycles. The predicted octanol–water partition coefficient (Wildman–Crippen LogP) is 1.61. The summed E-state index contributed by atoms with van der Waals surface area (Å²) in [6.07, 6.45) is 5.03. The Morgan fingerprint density at radius 3 is 2.26 bits per heavy atom. The first kappa shape index (κ1) is 24.0. The second-order valence-electron chi connectivity index (χ2n) is 8.16. The maximum atomic E-state index is 13.0. The Hall–Kier alpha value is -3.09. The average molecular weight is 505 g/mol. The molecular weight excluding hydrogens is 480 g/mol. The summed E-state index contributed by atoms with van der Waals surface area (Å²) in [4.78, 5) is 29.0. The molecule has 3 aromatic rings. The van der Waals surface area contributed by atoms with Crippen LogP contribution in [0.2, 0.25) is 0 Å². The number of sulfonamides is 1. The number of piperidine rings is 1. The number of benzene rings is 2. The lowest BCUT2D eigenvalue weighted by molar-refractivity contribution is -0.116. The van der Waals surface area contributed by atoms with Crippen LogP contribution in [0.3, 0.4) is 0 Å². The third-order valence-corrected chi connectivity index (χ3v) is 8.68. The van der Waals surface area contributed by atoms with Crippen LogP contribution in [0.25, 0.3) is 10.9 Å². The van der Waals surface area contributed by atoms with Gasteiger partial charge in [0, 0.05) is 36.6 Å².